The number of benzene rings is 2. The van der Waals surface area contributed by atoms with Gasteiger partial charge in [0.05, 0.1) is 17.4 Å². The molecule has 7 heteroatoms. The van der Waals surface area contributed by atoms with Gasteiger partial charge in [0.2, 0.25) is 0 Å². The van der Waals surface area contributed by atoms with Gasteiger partial charge in [0.25, 0.3) is 11.5 Å². The largest absolute Gasteiger partial charge is 0.492 e. The van der Waals surface area contributed by atoms with Crippen LogP contribution < -0.4 is 15.6 Å². The van der Waals surface area contributed by atoms with Crippen LogP contribution in [0.4, 0.5) is 0 Å². The molecule has 1 aromatic heterocycles. The summed E-state index contributed by atoms with van der Waals surface area (Å²) in [5.41, 5.74) is 2.11. The lowest BCUT2D eigenvalue weighted by Gasteiger charge is -2.10. The molecule has 0 saturated carbocycles. The van der Waals surface area contributed by atoms with Gasteiger partial charge in [-0.05, 0) is 61.0 Å². The molecule has 0 unspecified atom stereocenters. The number of aromatic nitrogens is 2. The first-order valence-electron chi connectivity index (χ1n) is 9.68. The molecule has 29 heavy (non-hydrogen) atoms. The first-order chi connectivity index (χ1) is 13.9. The second kappa shape index (κ2) is 9.05. The van der Waals surface area contributed by atoms with Crippen LogP contribution in [0.3, 0.4) is 0 Å². The lowest BCUT2D eigenvalue weighted by molar-refractivity contribution is 0.0947. The number of aromatic amines is 1. The van der Waals surface area contributed by atoms with Crippen LogP contribution in [0, 0.1) is 4.77 Å². The average Bonchev–Trinajstić information content (AvgIpc) is 2.71. The van der Waals surface area contributed by atoms with Crippen LogP contribution in [0.15, 0.2) is 47.3 Å². The number of H-pyrrole nitrogens is 1. The number of carbonyl (C=O) groups excluding carboxylic acids is 1. The van der Waals surface area contributed by atoms with Crippen molar-refractivity contribution >= 4 is 29.0 Å². The van der Waals surface area contributed by atoms with Crippen molar-refractivity contribution in [2.75, 3.05) is 13.2 Å². The summed E-state index contributed by atoms with van der Waals surface area (Å²) < 4.78 is 7.51. The Balaban J connectivity index is 1.61. The predicted octanol–water partition coefficient (Wildman–Crippen LogP) is 4.01. The summed E-state index contributed by atoms with van der Waals surface area (Å²) in [6, 6.07) is 12.9. The number of nitrogens with one attached hydrogen (secondary N) is 2. The third-order valence-corrected chi connectivity index (χ3v) is 5.09. The maximum atomic E-state index is 12.4. The summed E-state index contributed by atoms with van der Waals surface area (Å²) in [7, 11) is 0. The number of nitrogens with zero attached hydrogens (tertiary/aromatic N) is 1. The highest BCUT2D eigenvalue weighted by Crippen LogP contribution is 2.18. The van der Waals surface area contributed by atoms with E-state index in [1.165, 1.54) is 10.1 Å². The zero-order valence-corrected chi connectivity index (χ0v) is 17.6. The fraction of sp³-hybridized carbons (Fsp3) is 0.318. The van der Waals surface area contributed by atoms with Crippen molar-refractivity contribution in [1.29, 1.82) is 0 Å². The number of fused-ring (bicyclic) bond motifs is 1. The van der Waals surface area contributed by atoms with Crippen molar-refractivity contribution in [3.63, 3.8) is 0 Å². The molecule has 3 rings (SSSR count). The van der Waals surface area contributed by atoms with Crippen LogP contribution in [-0.2, 0) is 6.54 Å². The topological polar surface area (TPSA) is 76.1 Å². The van der Waals surface area contributed by atoms with E-state index in [1.54, 1.807) is 18.2 Å². The number of rotatable bonds is 7. The molecule has 0 aliphatic carbocycles. The zero-order valence-electron chi connectivity index (χ0n) is 16.8. The minimum Gasteiger partial charge on any atom is -0.492 e. The summed E-state index contributed by atoms with van der Waals surface area (Å²) in [4.78, 5) is 27.9. The third kappa shape index (κ3) is 4.74. The van der Waals surface area contributed by atoms with Gasteiger partial charge in [-0.2, -0.15) is 0 Å². The van der Waals surface area contributed by atoms with E-state index in [9.17, 15) is 9.59 Å². The Morgan fingerprint density at radius 1 is 1.21 bits per heavy atom. The molecule has 0 atom stereocenters. The van der Waals surface area contributed by atoms with E-state index >= 15 is 0 Å². The summed E-state index contributed by atoms with van der Waals surface area (Å²) in [6.07, 6.45) is 0. The molecule has 3 aromatic rings. The predicted molar refractivity (Wildman–Crippen MR) is 117 cm³/mol. The van der Waals surface area contributed by atoms with Gasteiger partial charge in [-0.15, -0.1) is 0 Å². The lowest BCUT2D eigenvalue weighted by atomic mass is 10.0. The molecule has 2 N–H and O–H groups in total. The van der Waals surface area contributed by atoms with E-state index < -0.39 is 0 Å². The lowest BCUT2D eigenvalue weighted by Crippen LogP contribution is -2.28. The smallest absolute Gasteiger partial charge is 0.262 e. The van der Waals surface area contributed by atoms with Gasteiger partial charge in [0, 0.05) is 12.1 Å². The van der Waals surface area contributed by atoms with E-state index in [0.717, 1.165) is 5.75 Å². The maximum absolute atomic E-state index is 12.4. The molecule has 0 saturated heterocycles. The van der Waals surface area contributed by atoms with E-state index in [4.69, 9.17) is 17.0 Å². The number of hydrogen-bond acceptors (Lipinski definition) is 4. The highest BCUT2D eigenvalue weighted by Gasteiger charge is 2.10. The van der Waals surface area contributed by atoms with Crippen LogP contribution >= 0.6 is 12.2 Å². The van der Waals surface area contributed by atoms with Gasteiger partial charge < -0.3 is 15.0 Å². The molecule has 0 fully saturated rings. The van der Waals surface area contributed by atoms with Gasteiger partial charge in [0.1, 0.15) is 12.4 Å². The Bertz CT molecular complexity index is 1130. The van der Waals surface area contributed by atoms with Crippen LogP contribution in [0.5, 0.6) is 5.75 Å². The van der Waals surface area contributed by atoms with Crippen molar-refractivity contribution in [2.45, 2.75) is 33.2 Å². The van der Waals surface area contributed by atoms with Crippen molar-refractivity contribution in [1.82, 2.24) is 14.9 Å². The molecule has 0 aliphatic rings. The number of ether oxygens (including phenoxy) is 1. The van der Waals surface area contributed by atoms with Crippen molar-refractivity contribution < 1.29 is 9.53 Å². The number of hydrogen-bond donors (Lipinski definition) is 2. The molecular formula is C22H25N3O3S. The fourth-order valence-corrected chi connectivity index (χ4v) is 3.39. The first kappa shape index (κ1) is 20.8. The maximum Gasteiger partial charge on any atom is 0.262 e. The molecule has 6 nitrogen and oxygen atoms in total. The van der Waals surface area contributed by atoms with Crippen molar-refractivity contribution in [3.8, 4) is 5.75 Å². The minimum absolute atomic E-state index is 0.157. The van der Waals surface area contributed by atoms with Crippen LogP contribution in [-0.4, -0.2) is 28.6 Å². The summed E-state index contributed by atoms with van der Waals surface area (Å²) in [5, 5.41) is 3.33. The normalized spacial score (nSPS) is 11.0. The summed E-state index contributed by atoms with van der Waals surface area (Å²) >= 11 is 5.22. The molecule has 0 bridgehead atoms. The van der Waals surface area contributed by atoms with E-state index in [1.807, 2.05) is 31.2 Å². The number of amides is 1. The van der Waals surface area contributed by atoms with Crippen molar-refractivity contribution in [2.24, 2.45) is 0 Å². The SMILES string of the molecule is CCn1c(=S)[nH]c2cc(C(=O)NCCOc3ccc(C(C)C)cc3)ccc2c1=O. The average molecular weight is 412 g/mol. The second-order valence-electron chi connectivity index (χ2n) is 7.07. The van der Waals surface area contributed by atoms with Gasteiger partial charge in [-0.1, -0.05) is 26.0 Å². The summed E-state index contributed by atoms with van der Waals surface area (Å²) in [6.45, 7) is 7.38. The Kier molecular flexibility index (Phi) is 6.49. The molecule has 1 amide bonds. The molecule has 2 aromatic carbocycles. The molecule has 0 radical (unpaired) electrons. The molecular weight excluding hydrogens is 386 g/mol. The Morgan fingerprint density at radius 2 is 1.93 bits per heavy atom. The van der Waals surface area contributed by atoms with E-state index in [2.05, 4.69) is 24.1 Å². The highest BCUT2D eigenvalue weighted by atomic mass is 32.1. The van der Waals surface area contributed by atoms with E-state index in [0.29, 0.717) is 46.9 Å². The highest BCUT2D eigenvalue weighted by molar-refractivity contribution is 7.71. The quantitative estimate of drug-likeness (QED) is 0.455. The molecule has 152 valence electrons. The van der Waals surface area contributed by atoms with Crippen molar-refractivity contribution in [3.05, 3.63) is 68.7 Å². The van der Waals surface area contributed by atoms with Crippen LogP contribution in [0.1, 0.15) is 42.6 Å². The second-order valence-corrected chi connectivity index (χ2v) is 7.45. The Morgan fingerprint density at radius 3 is 2.59 bits per heavy atom. The zero-order chi connectivity index (χ0) is 21.0. The first-order valence-corrected chi connectivity index (χ1v) is 10.1. The van der Waals surface area contributed by atoms with Gasteiger partial charge in [-0.25, -0.2) is 0 Å². The molecule has 1 heterocycles. The fourth-order valence-electron chi connectivity index (χ4n) is 3.07. The van der Waals surface area contributed by atoms with Crippen LogP contribution in [0.25, 0.3) is 10.9 Å². The molecule has 0 spiro atoms. The number of carbonyl (C=O) groups is 1. The molecule has 0 aliphatic heterocycles. The van der Waals surface area contributed by atoms with Gasteiger partial charge >= 0.3 is 0 Å². The standard InChI is InChI=1S/C22H25N3O3S/c1-4-25-21(27)18-10-7-16(13-19(18)24-22(25)29)20(26)23-11-12-28-17-8-5-15(6-9-17)14(2)3/h5-10,13-14H,4,11-12H2,1-3H3,(H,23,26)(H,24,29). The Hall–Kier alpha value is -2.93. The third-order valence-electron chi connectivity index (χ3n) is 4.76. The minimum atomic E-state index is -0.232. The summed E-state index contributed by atoms with van der Waals surface area (Å²) in [5.74, 6) is 1.02. The van der Waals surface area contributed by atoms with E-state index in [-0.39, 0.29) is 11.5 Å². The van der Waals surface area contributed by atoms with Gasteiger partial charge in [0.15, 0.2) is 4.77 Å². The van der Waals surface area contributed by atoms with Crippen LogP contribution in [0.2, 0.25) is 0 Å². The Labute approximate surface area is 174 Å². The van der Waals surface area contributed by atoms with Gasteiger partial charge in [-0.3, -0.25) is 14.2 Å². The monoisotopic (exact) mass is 411 g/mol.